The zero-order valence-electron chi connectivity index (χ0n) is 16.5. The molecule has 0 saturated carbocycles. The van der Waals surface area contributed by atoms with Gasteiger partial charge < -0.3 is 4.90 Å². The predicted octanol–water partition coefficient (Wildman–Crippen LogP) is 3.51. The van der Waals surface area contributed by atoms with Gasteiger partial charge in [-0.1, -0.05) is 6.08 Å². The number of amides is 2. The second kappa shape index (κ2) is 7.83. The summed E-state index contributed by atoms with van der Waals surface area (Å²) in [6.45, 7) is 9.12. The minimum absolute atomic E-state index is 0.0723. The van der Waals surface area contributed by atoms with Gasteiger partial charge in [0.25, 0.3) is 0 Å². The molecule has 2 aliphatic rings. The molecular weight excluding hydrogens is 366 g/mol. The van der Waals surface area contributed by atoms with Gasteiger partial charge in [-0.2, -0.15) is 0 Å². The van der Waals surface area contributed by atoms with Gasteiger partial charge in [-0.05, 0) is 50.8 Å². The lowest BCUT2D eigenvalue weighted by Gasteiger charge is -2.35. The predicted molar refractivity (Wildman–Crippen MR) is 115 cm³/mol. The molecule has 4 rings (SSSR count). The van der Waals surface area contributed by atoms with Crippen LogP contribution in [0.25, 0.3) is 5.57 Å². The van der Waals surface area contributed by atoms with Crippen LogP contribution < -0.4 is 15.1 Å². The zero-order chi connectivity index (χ0) is 20.4. The maximum Gasteiger partial charge on any atom is 0.329 e. The molecule has 0 aromatic carbocycles. The molecule has 8 nitrogen and oxygen atoms in total. The third kappa shape index (κ3) is 3.61. The van der Waals surface area contributed by atoms with Crippen molar-refractivity contribution >= 4 is 35.6 Å². The number of nitrogens with zero attached hydrogens (tertiary/aromatic N) is 6. The Morgan fingerprint density at radius 1 is 1.38 bits per heavy atom. The fraction of sp³-hybridized carbons (Fsp3) is 0.286. The monoisotopic (exact) mass is 389 g/mol. The van der Waals surface area contributed by atoms with E-state index < -0.39 is 0 Å². The van der Waals surface area contributed by atoms with E-state index >= 15 is 0 Å². The summed E-state index contributed by atoms with van der Waals surface area (Å²) in [6.07, 6.45) is 9.46. The number of aliphatic imine (C=N–C) groups is 1. The van der Waals surface area contributed by atoms with Gasteiger partial charge >= 0.3 is 6.03 Å². The molecule has 0 aliphatic carbocycles. The Balaban J connectivity index is 1.72. The van der Waals surface area contributed by atoms with Crippen molar-refractivity contribution < 1.29 is 4.79 Å². The van der Waals surface area contributed by atoms with Crippen molar-refractivity contribution in [3.8, 4) is 0 Å². The van der Waals surface area contributed by atoms with Crippen molar-refractivity contribution in [3.63, 3.8) is 0 Å². The number of aromatic nitrogens is 3. The molecule has 0 unspecified atom stereocenters. The minimum Gasteiger partial charge on any atom is -0.366 e. The highest BCUT2D eigenvalue weighted by molar-refractivity contribution is 6.04. The van der Waals surface area contributed by atoms with Gasteiger partial charge in [0.2, 0.25) is 0 Å². The Morgan fingerprint density at radius 2 is 2.24 bits per heavy atom. The highest BCUT2D eigenvalue weighted by Gasteiger charge is 2.40. The highest BCUT2D eigenvalue weighted by atomic mass is 16.2. The molecule has 4 heterocycles. The van der Waals surface area contributed by atoms with Crippen LogP contribution in [0.15, 0.2) is 53.6 Å². The molecule has 2 aromatic rings. The number of fused-ring (bicyclic) bond motifs is 4. The maximum atomic E-state index is 13.1. The van der Waals surface area contributed by atoms with Crippen LogP contribution in [0.3, 0.4) is 0 Å². The summed E-state index contributed by atoms with van der Waals surface area (Å²) < 4.78 is 0. The fourth-order valence-electron chi connectivity index (χ4n) is 3.74. The molecule has 0 radical (unpaired) electrons. The lowest BCUT2D eigenvalue weighted by Crippen LogP contribution is -2.48. The highest BCUT2D eigenvalue weighted by Crippen LogP contribution is 2.39. The summed E-state index contributed by atoms with van der Waals surface area (Å²) >= 11 is 0. The topological polar surface area (TPSA) is 86.6 Å². The number of urea groups is 1. The summed E-state index contributed by atoms with van der Waals surface area (Å²) in [5.74, 6) is 1.08. The Morgan fingerprint density at radius 3 is 2.97 bits per heavy atom. The number of hydrogen-bond acceptors (Lipinski definition) is 6. The van der Waals surface area contributed by atoms with E-state index in [1.54, 1.807) is 17.3 Å². The zero-order valence-corrected chi connectivity index (χ0v) is 16.5. The third-order valence-electron chi connectivity index (χ3n) is 5.19. The number of allylic oxidation sites excluding steroid dienone is 4. The molecule has 2 amide bonds. The summed E-state index contributed by atoms with van der Waals surface area (Å²) in [5.41, 5.74) is 3.49. The van der Waals surface area contributed by atoms with E-state index in [1.807, 2.05) is 38.1 Å². The number of carbonyl (C=O) groups excluding carboxylic acids is 1. The van der Waals surface area contributed by atoms with Crippen LogP contribution >= 0.6 is 0 Å². The maximum absolute atomic E-state index is 13.1. The van der Waals surface area contributed by atoms with Crippen LogP contribution in [0.2, 0.25) is 0 Å². The molecule has 1 N–H and O–H groups in total. The molecule has 1 atom stereocenters. The molecular formula is C21H23N7O. The van der Waals surface area contributed by atoms with Crippen LogP contribution in [0.5, 0.6) is 0 Å². The molecule has 0 spiro atoms. The third-order valence-corrected chi connectivity index (χ3v) is 5.19. The lowest BCUT2D eigenvalue weighted by molar-refractivity contribution is 0.254. The van der Waals surface area contributed by atoms with Gasteiger partial charge in [0, 0.05) is 31.2 Å². The normalized spacial score (nSPS) is 18.5. The Labute approximate surface area is 169 Å². The van der Waals surface area contributed by atoms with E-state index in [0.29, 0.717) is 11.6 Å². The first-order valence-corrected chi connectivity index (χ1v) is 9.54. The van der Waals surface area contributed by atoms with Crippen molar-refractivity contribution in [1.29, 1.82) is 0 Å². The molecule has 29 heavy (non-hydrogen) atoms. The van der Waals surface area contributed by atoms with Crippen LogP contribution in [0.4, 0.5) is 22.1 Å². The smallest absolute Gasteiger partial charge is 0.329 e. The average Bonchev–Trinajstić information content (AvgIpc) is 3.16. The number of nitrogens with one attached hydrogen (secondary N) is 1. The largest absolute Gasteiger partial charge is 0.366 e. The number of rotatable bonds is 4. The summed E-state index contributed by atoms with van der Waals surface area (Å²) in [5, 5.41) is 2.84. The van der Waals surface area contributed by atoms with Crippen LogP contribution in [-0.2, 0) is 0 Å². The molecule has 2 aromatic heterocycles. The Bertz CT molecular complexity index is 999. The number of hydrogen-bond donors (Lipinski definition) is 1. The van der Waals surface area contributed by atoms with Crippen LogP contribution in [-0.4, -0.2) is 46.8 Å². The van der Waals surface area contributed by atoms with Gasteiger partial charge in [0.15, 0.2) is 11.6 Å². The van der Waals surface area contributed by atoms with Crippen LogP contribution in [0.1, 0.15) is 26.0 Å². The van der Waals surface area contributed by atoms with Crippen molar-refractivity contribution in [2.75, 3.05) is 28.2 Å². The van der Waals surface area contributed by atoms with Gasteiger partial charge in [-0.15, -0.1) is 0 Å². The van der Waals surface area contributed by atoms with E-state index in [1.165, 1.54) is 6.20 Å². The average molecular weight is 389 g/mol. The van der Waals surface area contributed by atoms with Crippen LogP contribution in [0, 0.1) is 0 Å². The Kier molecular flexibility index (Phi) is 5.07. The number of carbonyl (C=O) groups is 1. The summed E-state index contributed by atoms with van der Waals surface area (Å²) in [6, 6.07) is 3.85. The molecule has 2 aliphatic heterocycles. The molecule has 148 valence electrons. The van der Waals surface area contributed by atoms with Crippen molar-refractivity contribution in [2.24, 2.45) is 4.99 Å². The van der Waals surface area contributed by atoms with Gasteiger partial charge in [0.05, 0.1) is 23.6 Å². The van der Waals surface area contributed by atoms with E-state index in [4.69, 9.17) is 4.98 Å². The quantitative estimate of drug-likeness (QED) is 0.639. The minimum atomic E-state index is -0.246. The summed E-state index contributed by atoms with van der Waals surface area (Å²) in [7, 11) is 0. The SMILES string of the molecule is C=N/C(C)=C\C(=C/C)c1ccc2c(n1)N(C(=O)Nc1cnccn1)[C@@H]1CCN2C1. The lowest BCUT2D eigenvalue weighted by atomic mass is 10.1. The number of anilines is 3. The molecule has 1 fully saturated rings. The van der Waals surface area contributed by atoms with Crippen molar-refractivity contribution in [3.05, 3.63) is 54.3 Å². The fourth-order valence-corrected chi connectivity index (χ4v) is 3.74. The molecule has 8 heteroatoms. The first-order chi connectivity index (χ1) is 14.1. The first-order valence-electron chi connectivity index (χ1n) is 9.54. The van der Waals surface area contributed by atoms with E-state index in [-0.39, 0.29) is 12.1 Å². The van der Waals surface area contributed by atoms with Gasteiger partial charge in [0.1, 0.15) is 0 Å². The number of pyridine rings is 1. The standard InChI is InChI=1S/C21H23N7O/c1-4-15(11-14(2)22-3)17-5-6-18-20(25-17)28(16-7-10-27(18)13-16)21(29)26-19-12-23-8-9-24-19/h4-6,8-9,11-12,16H,3,7,10,13H2,1-2H3,(H,24,26,29)/b14-11-,15-4+/t16-/m1/s1. The molecule has 1 saturated heterocycles. The van der Waals surface area contributed by atoms with E-state index in [2.05, 4.69) is 31.9 Å². The van der Waals surface area contributed by atoms with Crippen molar-refractivity contribution in [1.82, 2.24) is 15.0 Å². The summed E-state index contributed by atoms with van der Waals surface area (Å²) in [4.78, 5) is 34.2. The Hall–Kier alpha value is -3.55. The van der Waals surface area contributed by atoms with Gasteiger partial charge in [-0.25, -0.2) is 14.8 Å². The van der Waals surface area contributed by atoms with Gasteiger partial charge in [-0.3, -0.25) is 20.2 Å². The second-order valence-corrected chi connectivity index (χ2v) is 7.01. The van der Waals surface area contributed by atoms with E-state index in [9.17, 15) is 4.79 Å². The first kappa shape index (κ1) is 18.8. The van der Waals surface area contributed by atoms with E-state index in [0.717, 1.165) is 42.2 Å². The second-order valence-electron chi connectivity index (χ2n) is 7.01. The molecule has 2 bridgehead atoms. The van der Waals surface area contributed by atoms with Crippen molar-refractivity contribution in [2.45, 2.75) is 26.3 Å².